The summed E-state index contributed by atoms with van der Waals surface area (Å²) in [5, 5.41) is 14.2. The lowest BCUT2D eigenvalue weighted by Gasteiger charge is -2.30. The molecule has 3 rings (SSSR count). The van der Waals surface area contributed by atoms with Gasteiger partial charge in [0.15, 0.2) is 0 Å². The second kappa shape index (κ2) is 6.50. The van der Waals surface area contributed by atoms with Crippen LogP contribution in [0.4, 0.5) is 0 Å². The number of aliphatic carboxylic acids is 1. The van der Waals surface area contributed by atoms with Crippen LogP contribution in [0.3, 0.4) is 0 Å². The molecule has 1 atom stereocenters. The highest BCUT2D eigenvalue weighted by atomic mass is 35.5. The highest BCUT2D eigenvalue weighted by Crippen LogP contribution is 2.19. The van der Waals surface area contributed by atoms with E-state index in [1.807, 2.05) is 41.3 Å². The summed E-state index contributed by atoms with van der Waals surface area (Å²) in [7, 11) is 0. The quantitative estimate of drug-likeness (QED) is 0.941. The topological polar surface area (TPSA) is 58.4 Å². The van der Waals surface area contributed by atoms with E-state index in [1.54, 1.807) is 0 Å². The molecule has 5 nitrogen and oxygen atoms in total. The minimum atomic E-state index is -0.693. The van der Waals surface area contributed by atoms with Crippen LogP contribution in [0.5, 0.6) is 0 Å². The van der Waals surface area contributed by atoms with Gasteiger partial charge in [-0.3, -0.25) is 9.69 Å². The van der Waals surface area contributed by atoms with Gasteiger partial charge in [0.1, 0.15) is 0 Å². The van der Waals surface area contributed by atoms with Crippen LogP contribution in [0.2, 0.25) is 5.02 Å². The van der Waals surface area contributed by atoms with Crippen LogP contribution in [-0.4, -0.2) is 38.8 Å². The zero-order chi connectivity index (χ0) is 15.5. The fourth-order valence-corrected chi connectivity index (χ4v) is 2.96. The molecule has 1 N–H and O–H groups in total. The Labute approximate surface area is 134 Å². The van der Waals surface area contributed by atoms with Gasteiger partial charge in [0.2, 0.25) is 0 Å². The SMILES string of the molecule is O=C(O)[C@@H]1CCCN(Cc2cnn(-c3ccc(Cl)cc3)c2)C1. The van der Waals surface area contributed by atoms with Crippen LogP contribution in [0.25, 0.3) is 5.69 Å². The maximum atomic E-state index is 11.1. The van der Waals surface area contributed by atoms with Crippen molar-refractivity contribution >= 4 is 17.6 Å². The Kier molecular flexibility index (Phi) is 4.45. The Bertz CT molecular complexity index is 654. The van der Waals surface area contributed by atoms with Gasteiger partial charge in [0.05, 0.1) is 17.8 Å². The number of benzene rings is 1. The monoisotopic (exact) mass is 319 g/mol. The largest absolute Gasteiger partial charge is 0.481 e. The molecule has 2 heterocycles. The molecule has 1 aliphatic heterocycles. The number of rotatable bonds is 4. The average molecular weight is 320 g/mol. The van der Waals surface area contributed by atoms with Crippen LogP contribution < -0.4 is 0 Å². The van der Waals surface area contributed by atoms with Crippen molar-refractivity contribution in [1.29, 1.82) is 0 Å². The van der Waals surface area contributed by atoms with E-state index in [2.05, 4.69) is 10.00 Å². The minimum absolute atomic E-state index is 0.250. The molecule has 1 aliphatic rings. The minimum Gasteiger partial charge on any atom is -0.481 e. The van der Waals surface area contributed by atoms with Crippen LogP contribution in [0.1, 0.15) is 18.4 Å². The first-order valence-corrected chi connectivity index (χ1v) is 7.74. The normalized spacial score (nSPS) is 19.2. The summed E-state index contributed by atoms with van der Waals surface area (Å²) in [6.45, 7) is 2.29. The van der Waals surface area contributed by atoms with Gasteiger partial charge in [-0.15, -0.1) is 0 Å². The molecule has 0 saturated carbocycles. The number of carboxylic acids is 1. The lowest BCUT2D eigenvalue weighted by atomic mass is 9.98. The molecule has 6 heteroatoms. The number of piperidine rings is 1. The van der Waals surface area contributed by atoms with E-state index in [9.17, 15) is 4.79 Å². The first-order chi connectivity index (χ1) is 10.6. The maximum Gasteiger partial charge on any atom is 0.307 e. The molecule has 2 aromatic rings. The van der Waals surface area contributed by atoms with Crippen LogP contribution in [-0.2, 0) is 11.3 Å². The van der Waals surface area contributed by atoms with Crippen molar-refractivity contribution in [2.24, 2.45) is 5.92 Å². The number of nitrogens with zero attached hydrogens (tertiary/aromatic N) is 3. The van der Waals surface area contributed by atoms with Gasteiger partial charge in [-0.25, -0.2) is 4.68 Å². The molecular formula is C16H18ClN3O2. The second-order valence-electron chi connectivity index (χ2n) is 5.68. The molecule has 1 saturated heterocycles. The molecule has 1 fully saturated rings. The highest BCUT2D eigenvalue weighted by Gasteiger charge is 2.25. The molecule has 1 aromatic carbocycles. The lowest BCUT2D eigenvalue weighted by molar-refractivity contribution is -0.143. The van der Waals surface area contributed by atoms with Gasteiger partial charge in [-0.1, -0.05) is 11.6 Å². The van der Waals surface area contributed by atoms with Crippen molar-refractivity contribution in [1.82, 2.24) is 14.7 Å². The average Bonchev–Trinajstić information content (AvgIpc) is 2.96. The van der Waals surface area contributed by atoms with Crippen LogP contribution in [0.15, 0.2) is 36.7 Å². The number of likely N-dealkylation sites (tertiary alicyclic amines) is 1. The summed E-state index contributed by atoms with van der Waals surface area (Å²) in [4.78, 5) is 13.3. The highest BCUT2D eigenvalue weighted by molar-refractivity contribution is 6.30. The van der Waals surface area contributed by atoms with Crippen molar-refractivity contribution in [2.75, 3.05) is 13.1 Å². The summed E-state index contributed by atoms with van der Waals surface area (Å²) in [6, 6.07) is 7.50. The van der Waals surface area contributed by atoms with Gasteiger partial charge in [0.25, 0.3) is 0 Å². The molecule has 0 amide bonds. The number of carboxylic acid groups (broad SMARTS) is 1. The van der Waals surface area contributed by atoms with E-state index in [-0.39, 0.29) is 5.92 Å². The number of halogens is 1. The smallest absolute Gasteiger partial charge is 0.307 e. The van der Waals surface area contributed by atoms with Crippen molar-refractivity contribution in [3.05, 3.63) is 47.2 Å². The Hall–Kier alpha value is -1.85. The Morgan fingerprint density at radius 3 is 2.86 bits per heavy atom. The van der Waals surface area contributed by atoms with E-state index in [0.29, 0.717) is 11.6 Å². The predicted octanol–water partition coefficient (Wildman–Crippen LogP) is 2.82. The third kappa shape index (κ3) is 3.48. The molecule has 0 aliphatic carbocycles. The van der Waals surface area contributed by atoms with Crippen LogP contribution >= 0.6 is 11.6 Å². The van der Waals surface area contributed by atoms with Crippen LogP contribution in [0, 0.1) is 5.92 Å². The molecule has 1 aromatic heterocycles. The maximum absolute atomic E-state index is 11.1. The molecule has 0 radical (unpaired) electrons. The summed E-state index contributed by atoms with van der Waals surface area (Å²) < 4.78 is 1.81. The summed E-state index contributed by atoms with van der Waals surface area (Å²) >= 11 is 5.89. The summed E-state index contributed by atoms with van der Waals surface area (Å²) in [6.07, 6.45) is 5.52. The van der Waals surface area contributed by atoms with Gasteiger partial charge in [0, 0.05) is 29.9 Å². The first kappa shape index (κ1) is 15.1. The van der Waals surface area contributed by atoms with E-state index in [1.165, 1.54) is 0 Å². The molecule has 0 spiro atoms. The van der Waals surface area contributed by atoms with E-state index in [4.69, 9.17) is 16.7 Å². The summed E-state index contributed by atoms with van der Waals surface area (Å²) in [5.41, 5.74) is 2.04. The van der Waals surface area contributed by atoms with Gasteiger partial charge < -0.3 is 5.11 Å². The molecule has 0 unspecified atom stereocenters. The van der Waals surface area contributed by atoms with Gasteiger partial charge in [-0.2, -0.15) is 5.10 Å². The second-order valence-corrected chi connectivity index (χ2v) is 6.12. The first-order valence-electron chi connectivity index (χ1n) is 7.36. The van der Waals surface area contributed by atoms with Crippen molar-refractivity contribution < 1.29 is 9.90 Å². The fraction of sp³-hybridized carbons (Fsp3) is 0.375. The predicted molar refractivity (Wildman–Crippen MR) is 84.2 cm³/mol. The van der Waals surface area contributed by atoms with Crippen molar-refractivity contribution in [3.8, 4) is 5.69 Å². The van der Waals surface area contributed by atoms with E-state index >= 15 is 0 Å². The molecule has 0 bridgehead atoms. The number of carbonyl (C=O) groups is 1. The lowest BCUT2D eigenvalue weighted by Crippen LogP contribution is -2.38. The third-order valence-electron chi connectivity index (χ3n) is 3.99. The summed E-state index contributed by atoms with van der Waals surface area (Å²) in [5.74, 6) is -0.943. The molecule has 116 valence electrons. The zero-order valence-electron chi connectivity index (χ0n) is 12.2. The molecule has 22 heavy (non-hydrogen) atoms. The number of hydrogen-bond donors (Lipinski definition) is 1. The Morgan fingerprint density at radius 1 is 1.36 bits per heavy atom. The Balaban J connectivity index is 1.66. The Morgan fingerprint density at radius 2 is 2.14 bits per heavy atom. The number of hydrogen-bond acceptors (Lipinski definition) is 3. The van der Waals surface area contributed by atoms with E-state index < -0.39 is 5.97 Å². The number of aromatic nitrogens is 2. The standard InChI is InChI=1S/C16H18ClN3O2/c17-14-3-5-15(6-4-14)20-10-12(8-18-20)9-19-7-1-2-13(11-19)16(21)22/h3-6,8,10,13H,1-2,7,9,11H2,(H,21,22)/t13-/m1/s1. The van der Waals surface area contributed by atoms with Gasteiger partial charge >= 0.3 is 5.97 Å². The zero-order valence-corrected chi connectivity index (χ0v) is 12.9. The van der Waals surface area contributed by atoms with Gasteiger partial charge in [-0.05, 0) is 43.7 Å². The van der Waals surface area contributed by atoms with Crippen molar-refractivity contribution in [3.63, 3.8) is 0 Å². The fourth-order valence-electron chi connectivity index (χ4n) is 2.84. The third-order valence-corrected chi connectivity index (χ3v) is 4.24. The van der Waals surface area contributed by atoms with Crippen molar-refractivity contribution in [2.45, 2.75) is 19.4 Å². The van der Waals surface area contributed by atoms with E-state index in [0.717, 1.165) is 37.2 Å². The molecular weight excluding hydrogens is 302 g/mol.